The minimum absolute atomic E-state index is 0. The van der Waals surface area contributed by atoms with E-state index in [4.69, 9.17) is 0 Å². The highest BCUT2D eigenvalue weighted by atomic mass is 35.5. The van der Waals surface area contributed by atoms with Crippen LogP contribution in [0.4, 0.5) is 0 Å². The topological polar surface area (TPSA) is 52.7 Å². The maximum atomic E-state index is 12.7. The molecule has 2 heterocycles. The number of rotatable bonds is 2. The van der Waals surface area contributed by atoms with Crippen molar-refractivity contribution in [3.8, 4) is 0 Å². The van der Waals surface area contributed by atoms with Crippen molar-refractivity contribution in [2.45, 2.75) is 58.0 Å². The first-order valence-corrected chi connectivity index (χ1v) is 8.90. The van der Waals surface area contributed by atoms with Gasteiger partial charge in [-0.05, 0) is 25.2 Å². The Bertz CT molecular complexity index is 422. The number of amides is 2. The Balaban J connectivity index is 0.00000192. The Labute approximate surface area is 145 Å². The molecular weight excluding hydrogens is 314 g/mol. The summed E-state index contributed by atoms with van der Waals surface area (Å²) in [6.45, 7) is 6.61. The minimum atomic E-state index is 0. The van der Waals surface area contributed by atoms with E-state index in [0.717, 1.165) is 6.42 Å². The van der Waals surface area contributed by atoms with Gasteiger partial charge >= 0.3 is 0 Å². The van der Waals surface area contributed by atoms with Crippen LogP contribution in [-0.4, -0.2) is 59.9 Å². The van der Waals surface area contributed by atoms with Crippen LogP contribution in [0.15, 0.2) is 0 Å². The van der Waals surface area contributed by atoms with E-state index in [1.165, 1.54) is 25.7 Å². The Hall–Kier alpha value is -0.810. The second-order valence-corrected chi connectivity index (χ2v) is 7.41. The highest BCUT2D eigenvalue weighted by molar-refractivity contribution is 5.85. The van der Waals surface area contributed by atoms with Crippen LogP contribution in [0.3, 0.4) is 0 Å². The summed E-state index contributed by atoms with van der Waals surface area (Å²) in [5.74, 6) is 1.21. The number of carbonyl (C=O) groups excluding carboxylic acids is 2. The lowest BCUT2D eigenvalue weighted by Crippen LogP contribution is -2.55. The fourth-order valence-electron chi connectivity index (χ4n) is 4.24. The summed E-state index contributed by atoms with van der Waals surface area (Å²) in [5.41, 5.74) is 0. The van der Waals surface area contributed by atoms with Gasteiger partial charge in [-0.25, -0.2) is 0 Å². The third-order valence-corrected chi connectivity index (χ3v) is 5.56. The zero-order valence-electron chi connectivity index (χ0n) is 14.3. The summed E-state index contributed by atoms with van der Waals surface area (Å²) in [7, 11) is 0. The molecule has 2 aliphatic heterocycles. The maximum absolute atomic E-state index is 12.7. The summed E-state index contributed by atoms with van der Waals surface area (Å²) in [4.78, 5) is 28.6. The molecule has 132 valence electrons. The molecule has 1 aliphatic carbocycles. The SMILES string of the molecule is CC(C)C(=O)N1CCN(C(=O)C2CC3CCCCC3N2)CC1.Cl. The lowest BCUT2D eigenvalue weighted by atomic mass is 9.85. The third-order valence-electron chi connectivity index (χ3n) is 5.56. The Morgan fingerprint density at radius 3 is 2.22 bits per heavy atom. The van der Waals surface area contributed by atoms with Crippen LogP contribution in [0.5, 0.6) is 0 Å². The van der Waals surface area contributed by atoms with Gasteiger partial charge in [-0.3, -0.25) is 9.59 Å². The van der Waals surface area contributed by atoms with Crippen LogP contribution < -0.4 is 5.32 Å². The predicted octanol–water partition coefficient (Wildman–Crippen LogP) is 1.66. The standard InChI is InChI=1S/C17H29N3O2.ClH/c1-12(2)16(21)19-7-9-20(10-8-19)17(22)15-11-13-5-3-4-6-14(13)18-15;/h12-15,18H,3-11H2,1-2H3;1H. The van der Waals surface area contributed by atoms with Crippen molar-refractivity contribution in [3.63, 3.8) is 0 Å². The number of nitrogens with zero attached hydrogens (tertiary/aromatic N) is 2. The van der Waals surface area contributed by atoms with E-state index in [1.54, 1.807) is 0 Å². The molecule has 1 saturated carbocycles. The Kier molecular flexibility index (Phi) is 6.32. The summed E-state index contributed by atoms with van der Waals surface area (Å²) in [6, 6.07) is 0.576. The highest BCUT2D eigenvalue weighted by Gasteiger charge is 2.40. The van der Waals surface area contributed by atoms with E-state index in [9.17, 15) is 9.59 Å². The first-order chi connectivity index (χ1) is 10.6. The smallest absolute Gasteiger partial charge is 0.239 e. The van der Waals surface area contributed by atoms with E-state index in [0.29, 0.717) is 38.1 Å². The van der Waals surface area contributed by atoms with E-state index < -0.39 is 0 Å². The van der Waals surface area contributed by atoms with Gasteiger partial charge in [0.15, 0.2) is 0 Å². The molecule has 0 bridgehead atoms. The number of carbonyl (C=O) groups is 2. The molecule has 0 aromatic rings. The molecule has 0 spiro atoms. The van der Waals surface area contributed by atoms with Gasteiger partial charge in [-0.1, -0.05) is 26.7 Å². The summed E-state index contributed by atoms with van der Waals surface area (Å²) in [5, 5.41) is 3.57. The van der Waals surface area contributed by atoms with Crippen LogP contribution in [0, 0.1) is 11.8 Å². The van der Waals surface area contributed by atoms with Crippen molar-refractivity contribution in [2.24, 2.45) is 11.8 Å². The van der Waals surface area contributed by atoms with Gasteiger partial charge in [0.05, 0.1) is 6.04 Å². The number of fused-ring (bicyclic) bond motifs is 1. The first kappa shape index (κ1) is 18.5. The highest BCUT2D eigenvalue weighted by Crippen LogP contribution is 2.33. The molecule has 3 fully saturated rings. The largest absolute Gasteiger partial charge is 0.339 e. The van der Waals surface area contributed by atoms with Gasteiger partial charge in [-0.15, -0.1) is 12.4 Å². The van der Waals surface area contributed by atoms with Crippen LogP contribution in [0.1, 0.15) is 46.0 Å². The van der Waals surface area contributed by atoms with Gasteiger partial charge in [0.25, 0.3) is 0 Å². The monoisotopic (exact) mass is 343 g/mol. The van der Waals surface area contributed by atoms with Crippen molar-refractivity contribution in [2.75, 3.05) is 26.2 Å². The summed E-state index contributed by atoms with van der Waals surface area (Å²) in [6.07, 6.45) is 6.13. The van der Waals surface area contributed by atoms with Crippen LogP contribution in [-0.2, 0) is 9.59 Å². The summed E-state index contributed by atoms with van der Waals surface area (Å²) >= 11 is 0. The molecule has 0 radical (unpaired) electrons. The van der Waals surface area contributed by atoms with Gasteiger partial charge < -0.3 is 15.1 Å². The number of nitrogens with one attached hydrogen (secondary N) is 1. The van der Waals surface area contributed by atoms with Gasteiger partial charge in [0.1, 0.15) is 0 Å². The van der Waals surface area contributed by atoms with Crippen molar-refractivity contribution < 1.29 is 9.59 Å². The summed E-state index contributed by atoms with van der Waals surface area (Å²) < 4.78 is 0. The molecule has 0 aromatic heterocycles. The molecule has 2 amide bonds. The minimum Gasteiger partial charge on any atom is -0.339 e. The fourth-order valence-corrected chi connectivity index (χ4v) is 4.24. The fraction of sp³-hybridized carbons (Fsp3) is 0.882. The number of hydrogen-bond donors (Lipinski definition) is 1. The molecule has 2 saturated heterocycles. The van der Waals surface area contributed by atoms with E-state index in [1.807, 2.05) is 23.6 Å². The van der Waals surface area contributed by atoms with Gasteiger partial charge in [0, 0.05) is 38.1 Å². The molecule has 1 N–H and O–H groups in total. The van der Waals surface area contributed by atoms with Crippen molar-refractivity contribution in [1.82, 2.24) is 15.1 Å². The molecule has 6 heteroatoms. The second kappa shape index (κ2) is 7.84. The zero-order valence-corrected chi connectivity index (χ0v) is 15.1. The van der Waals surface area contributed by atoms with Gasteiger partial charge in [0.2, 0.25) is 11.8 Å². The lowest BCUT2D eigenvalue weighted by molar-refractivity contribution is -0.142. The predicted molar refractivity (Wildman–Crippen MR) is 92.5 cm³/mol. The second-order valence-electron chi connectivity index (χ2n) is 7.41. The quantitative estimate of drug-likeness (QED) is 0.829. The normalized spacial score (nSPS) is 30.8. The Morgan fingerprint density at radius 2 is 1.61 bits per heavy atom. The van der Waals surface area contributed by atoms with Crippen molar-refractivity contribution in [1.29, 1.82) is 0 Å². The number of piperazine rings is 1. The molecule has 5 nitrogen and oxygen atoms in total. The molecule has 23 heavy (non-hydrogen) atoms. The molecule has 3 rings (SSSR count). The molecule has 3 atom stereocenters. The zero-order chi connectivity index (χ0) is 15.7. The molecule has 3 unspecified atom stereocenters. The number of halogens is 1. The van der Waals surface area contributed by atoms with E-state index >= 15 is 0 Å². The molecule has 0 aromatic carbocycles. The number of hydrogen-bond acceptors (Lipinski definition) is 3. The first-order valence-electron chi connectivity index (χ1n) is 8.90. The van der Waals surface area contributed by atoms with Crippen LogP contribution >= 0.6 is 12.4 Å². The third kappa shape index (κ3) is 4.00. The van der Waals surface area contributed by atoms with E-state index in [2.05, 4.69) is 5.32 Å². The average molecular weight is 344 g/mol. The van der Waals surface area contributed by atoms with Crippen molar-refractivity contribution >= 4 is 24.2 Å². The van der Waals surface area contributed by atoms with E-state index in [-0.39, 0.29) is 36.2 Å². The van der Waals surface area contributed by atoms with Crippen molar-refractivity contribution in [3.05, 3.63) is 0 Å². The van der Waals surface area contributed by atoms with Crippen LogP contribution in [0.25, 0.3) is 0 Å². The lowest BCUT2D eigenvalue weighted by Gasteiger charge is -2.36. The molecule has 3 aliphatic rings. The van der Waals surface area contributed by atoms with Gasteiger partial charge in [-0.2, -0.15) is 0 Å². The average Bonchev–Trinajstić information content (AvgIpc) is 2.97. The maximum Gasteiger partial charge on any atom is 0.239 e. The Morgan fingerprint density at radius 1 is 1.00 bits per heavy atom. The van der Waals surface area contributed by atoms with Crippen LogP contribution in [0.2, 0.25) is 0 Å². The molecular formula is C17H30ClN3O2.